The first-order valence-electron chi connectivity index (χ1n) is 9.38. The number of nitrogens with one attached hydrogen (secondary N) is 1. The quantitative estimate of drug-likeness (QED) is 0.598. The zero-order chi connectivity index (χ0) is 19.9. The van der Waals surface area contributed by atoms with Crippen molar-refractivity contribution in [2.75, 3.05) is 19.6 Å². The van der Waals surface area contributed by atoms with Crippen LogP contribution < -0.4 is 10.1 Å². The summed E-state index contributed by atoms with van der Waals surface area (Å²) in [7, 11) is 0. The van der Waals surface area contributed by atoms with Gasteiger partial charge in [-0.15, -0.1) is 11.3 Å². The molecule has 1 aromatic heterocycles. The Hall–Kier alpha value is -2.67. The number of benzene rings is 1. The minimum absolute atomic E-state index is 0.0447. The van der Waals surface area contributed by atoms with Gasteiger partial charge in [-0.05, 0) is 48.4 Å². The molecule has 0 saturated carbocycles. The minimum atomic E-state index is -0.411. The Morgan fingerprint density at radius 2 is 1.96 bits per heavy atom. The highest BCUT2D eigenvalue weighted by Crippen LogP contribution is 2.21. The molecule has 1 saturated heterocycles. The summed E-state index contributed by atoms with van der Waals surface area (Å²) in [6.45, 7) is 3.29. The molecule has 0 unspecified atom stereocenters. The van der Waals surface area contributed by atoms with E-state index >= 15 is 0 Å². The van der Waals surface area contributed by atoms with Crippen molar-refractivity contribution < 1.29 is 19.1 Å². The van der Waals surface area contributed by atoms with Crippen LogP contribution in [0.15, 0.2) is 41.8 Å². The molecule has 0 radical (unpaired) electrons. The van der Waals surface area contributed by atoms with Crippen LogP contribution in [-0.2, 0) is 16.0 Å². The van der Waals surface area contributed by atoms with Crippen molar-refractivity contribution in [2.45, 2.75) is 26.2 Å². The molecule has 148 valence electrons. The topological polar surface area (TPSA) is 75.7 Å². The average molecular weight is 401 g/mol. The number of ether oxygens (including phenoxy) is 1. The third-order valence-electron chi connectivity index (χ3n) is 4.75. The van der Waals surface area contributed by atoms with Gasteiger partial charge in [-0.2, -0.15) is 0 Å². The van der Waals surface area contributed by atoms with E-state index in [4.69, 9.17) is 4.74 Å². The van der Waals surface area contributed by atoms with E-state index in [-0.39, 0.29) is 11.8 Å². The molecule has 0 bridgehead atoms. The highest BCUT2D eigenvalue weighted by molar-refractivity contribution is 7.10. The van der Waals surface area contributed by atoms with Gasteiger partial charge in [-0.3, -0.25) is 14.4 Å². The minimum Gasteiger partial charge on any atom is -0.427 e. The predicted molar refractivity (Wildman–Crippen MR) is 107 cm³/mol. The SMILES string of the molecule is CC(=O)Oc1cccc(C(=O)N2CCC(CNC(=O)Cc3cccs3)CC2)c1. The first-order valence-corrected chi connectivity index (χ1v) is 10.3. The van der Waals surface area contributed by atoms with Crippen molar-refractivity contribution in [1.82, 2.24) is 10.2 Å². The largest absolute Gasteiger partial charge is 0.427 e. The van der Waals surface area contributed by atoms with E-state index in [1.807, 2.05) is 22.4 Å². The number of piperidine rings is 1. The number of likely N-dealkylation sites (tertiary alicyclic amines) is 1. The van der Waals surface area contributed by atoms with Gasteiger partial charge in [0.25, 0.3) is 5.91 Å². The molecule has 1 aliphatic heterocycles. The summed E-state index contributed by atoms with van der Waals surface area (Å²) in [5, 5.41) is 4.98. The molecule has 7 heteroatoms. The first kappa shape index (κ1) is 20.1. The average Bonchev–Trinajstić information content (AvgIpc) is 3.19. The van der Waals surface area contributed by atoms with Gasteiger partial charge in [-0.25, -0.2) is 0 Å². The van der Waals surface area contributed by atoms with E-state index < -0.39 is 5.97 Å². The lowest BCUT2D eigenvalue weighted by atomic mass is 9.96. The van der Waals surface area contributed by atoms with Crippen LogP contribution in [0, 0.1) is 5.92 Å². The summed E-state index contributed by atoms with van der Waals surface area (Å²) in [5.41, 5.74) is 0.515. The number of nitrogens with zero attached hydrogens (tertiary/aromatic N) is 1. The summed E-state index contributed by atoms with van der Waals surface area (Å²) in [6, 6.07) is 10.6. The number of esters is 1. The lowest BCUT2D eigenvalue weighted by Gasteiger charge is -2.32. The smallest absolute Gasteiger partial charge is 0.308 e. The van der Waals surface area contributed by atoms with Crippen molar-refractivity contribution in [2.24, 2.45) is 5.92 Å². The van der Waals surface area contributed by atoms with E-state index in [2.05, 4.69) is 5.32 Å². The fourth-order valence-corrected chi connectivity index (χ4v) is 3.98. The van der Waals surface area contributed by atoms with Gasteiger partial charge < -0.3 is 15.0 Å². The van der Waals surface area contributed by atoms with Crippen molar-refractivity contribution >= 4 is 29.1 Å². The Bertz CT molecular complexity index is 827. The van der Waals surface area contributed by atoms with Gasteiger partial charge in [-0.1, -0.05) is 12.1 Å². The molecule has 28 heavy (non-hydrogen) atoms. The number of carbonyl (C=O) groups excluding carboxylic acids is 3. The van der Waals surface area contributed by atoms with Crippen LogP contribution in [0.3, 0.4) is 0 Å². The summed E-state index contributed by atoms with van der Waals surface area (Å²) >= 11 is 1.59. The maximum atomic E-state index is 12.7. The highest BCUT2D eigenvalue weighted by Gasteiger charge is 2.24. The van der Waals surface area contributed by atoms with Crippen LogP contribution in [0.4, 0.5) is 0 Å². The van der Waals surface area contributed by atoms with Gasteiger partial charge in [0, 0.05) is 37.0 Å². The molecule has 3 rings (SSSR count). The fraction of sp³-hybridized carbons (Fsp3) is 0.381. The first-order chi connectivity index (χ1) is 13.5. The van der Waals surface area contributed by atoms with Crippen LogP contribution in [-0.4, -0.2) is 42.3 Å². The standard InChI is InChI=1S/C21H24N2O4S/c1-15(24)27-18-5-2-4-17(12-18)21(26)23-9-7-16(8-10-23)14-22-20(25)13-19-6-3-11-28-19/h2-6,11-12,16H,7-10,13-14H2,1H3,(H,22,25). The van der Waals surface area contributed by atoms with Crippen LogP contribution in [0.1, 0.15) is 35.0 Å². The molecule has 2 heterocycles. The number of carbonyl (C=O) groups is 3. The molecule has 0 aliphatic carbocycles. The van der Waals surface area contributed by atoms with Gasteiger partial charge in [0.1, 0.15) is 5.75 Å². The van der Waals surface area contributed by atoms with Crippen molar-refractivity contribution in [3.05, 3.63) is 52.2 Å². The Balaban J connectivity index is 1.45. The third kappa shape index (κ3) is 5.66. The van der Waals surface area contributed by atoms with Crippen LogP contribution >= 0.6 is 11.3 Å². The summed E-state index contributed by atoms with van der Waals surface area (Å²) in [5.74, 6) is 0.328. The Kier molecular flexibility index (Phi) is 6.81. The second-order valence-corrected chi connectivity index (χ2v) is 7.95. The number of amides is 2. The van der Waals surface area contributed by atoms with Gasteiger partial charge >= 0.3 is 5.97 Å². The lowest BCUT2D eigenvalue weighted by Crippen LogP contribution is -2.41. The van der Waals surface area contributed by atoms with Gasteiger partial charge in [0.2, 0.25) is 5.91 Å². The monoisotopic (exact) mass is 400 g/mol. The highest BCUT2D eigenvalue weighted by atomic mass is 32.1. The molecule has 1 aromatic carbocycles. The Morgan fingerprint density at radius 1 is 1.18 bits per heavy atom. The summed E-state index contributed by atoms with van der Waals surface area (Å²) in [6.07, 6.45) is 2.14. The lowest BCUT2D eigenvalue weighted by molar-refractivity contribution is -0.131. The molecular formula is C21H24N2O4S. The van der Waals surface area contributed by atoms with E-state index in [1.54, 1.807) is 35.6 Å². The van der Waals surface area contributed by atoms with Crippen molar-refractivity contribution in [1.29, 1.82) is 0 Å². The summed E-state index contributed by atoms with van der Waals surface area (Å²) < 4.78 is 5.05. The van der Waals surface area contributed by atoms with E-state index in [0.29, 0.717) is 43.3 Å². The second kappa shape index (κ2) is 9.50. The molecular weight excluding hydrogens is 376 g/mol. The maximum absolute atomic E-state index is 12.7. The maximum Gasteiger partial charge on any atom is 0.308 e. The Morgan fingerprint density at radius 3 is 2.64 bits per heavy atom. The second-order valence-electron chi connectivity index (χ2n) is 6.92. The molecule has 1 fully saturated rings. The molecule has 2 amide bonds. The van der Waals surface area contributed by atoms with Crippen molar-refractivity contribution in [3.63, 3.8) is 0 Å². The number of hydrogen-bond acceptors (Lipinski definition) is 5. The van der Waals surface area contributed by atoms with Gasteiger partial charge in [0.15, 0.2) is 0 Å². The number of hydrogen-bond donors (Lipinski definition) is 1. The molecule has 1 N–H and O–H groups in total. The van der Waals surface area contributed by atoms with Crippen LogP contribution in [0.2, 0.25) is 0 Å². The molecule has 6 nitrogen and oxygen atoms in total. The molecule has 2 aromatic rings. The summed E-state index contributed by atoms with van der Waals surface area (Å²) in [4.78, 5) is 38.7. The molecule has 0 atom stereocenters. The molecule has 0 spiro atoms. The number of thiophene rings is 1. The van der Waals surface area contributed by atoms with Crippen LogP contribution in [0.25, 0.3) is 0 Å². The zero-order valence-electron chi connectivity index (χ0n) is 15.8. The zero-order valence-corrected chi connectivity index (χ0v) is 16.7. The molecule has 1 aliphatic rings. The van der Waals surface area contributed by atoms with Crippen molar-refractivity contribution in [3.8, 4) is 5.75 Å². The fourth-order valence-electron chi connectivity index (χ4n) is 3.27. The third-order valence-corrected chi connectivity index (χ3v) is 5.62. The van der Waals surface area contributed by atoms with Crippen LogP contribution in [0.5, 0.6) is 5.75 Å². The van der Waals surface area contributed by atoms with Gasteiger partial charge in [0.05, 0.1) is 6.42 Å². The predicted octanol–water partition coefficient (Wildman–Crippen LogP) is 2.88. The van der Waals surface area contributed by atoms with E-state index in [1.165, 1.54) is 6.92 Å². The van der Waals surface area contributed by atoms with E-state index in [9.17, 15) is 14.4 Å². The van der Waals surface area contributed by atoms with E-state index in [0.717, 1.165) is 17.7 Å². The normalized spacial score (nSPS) is 14.5. The number of rotatable bonds is 6. The Labute approximate surface area is 168 Å².